The number of thioether (sulfide) groups is 1. The number of nitrogens with one attached hydrogen (secondary N) is 1. The lowest BCUT2D eigenvalue weighted by Crippen LogP contribution is -2.63. The summed E-state index contributed by atoms with van der Waals surface area (Å²) in [7, 11) is 0. The second kappa shape index (κ2) is 9.67. The number of pyridine rings is 1. The maximum Gasteiger partial charge on any atom is 0.316 e. The Hall–Kier alpha value is -1.64. The molecule has 0 saturated heterocycles. The van der Waals surface area contributed by atoms with Crippen molar-refractivity contribution < 1.29 is 24.6 Å². The van der Waals surface area contributed by atoms with Gasteiger partial charge in [-0.05, 0) is 66.9 Å². The normalized spacial score (nSPS) is 41.0. The van der Waals surface area contributed by atoms with Crippen molar-refractivity contribution in [3.05, 3.63) is 18.3 Å². The molecule has 3 aliphatic rings. The van der Waals surface area contributed by atoms with E-state index in [2.05, 4.69) is 39.6 Å². The minimum atomic E-state index is -0.558. The largest absolute Gasteiger partial charge is 0.461 e. The fourth-order valence-electron chi connectivity index (χ4n) is 7.56. The smallest absolute Gasteiger partial charge is 0.316 e. The van der Waals surface area contributed by atoms with Gasteiger partial charge in [0.2, 0.25) is 0 Å². The number of nitrogens with zero attached hydrogens (tertiary/aromatic N) is 1. The number of ketones is 1. The van der Waals surface area contributed by atoms with Crippen LogP contribution < -0.4 is 5.48 Å². The average Bonchev–Trinajstić information content (AvgIpc) is 3.21. The summed E-state index contributed by atoms with van der Waals surface area (Å²) in [6, 6.07) is 3.41. The van der Waals surface area contributed by atoms with Gasteiger partial charge < -0.3 is 9.84 Å². The van der Waals surface area contributed by atoms with E-state index in [9.17, 15) is 14.7 Å². The summed E-state index contributed by atoms with van der Waals surface area (Å²) in [6.07, 6.45) is 5.09. The van der Waals surface area contributed by atoms with Gasteiger partial charge in [-0.2, -0.15) is 0 Å². The van der Waals surface area contributed by atoms with Crippen molar-refractivity contribution in [3.63, 3.8) is 0 Å². The number of aliphatic hydroxyl groups is 1. The lowest BCUT2D eigenvalue weighted by atomic mass is 9.43. The van der Waals surface area contributed by atoms with E-state index in [1.165, 1.54) is 18.0 Å². The van der Waals surface area contributed by atoms with Crippen molar-refractivity contribution in [1.82, 2.24) is 4.98 Å². The number of hydrogen-bond acceptors (Lipinski definition) is 8. The molecule has 35 heavy (non-hydrogen) atoms. The Morgan fingerprint density at radius 1 is 1.29 bits per heavy atom. The molecule has 3 fully saturated rings. The lowest BCUT2D eigenvalue weighted by molar-refractivity contribution is -0.211. The van der Waals surface area contributed by atoms with Gasteiger partial charge in [0.25, 0.3) is 0 Å². The topological polar surface area (TPSA) is 109 Å². The Morgan fingerprint density at radius 2 is 2.03 bits per heavy atom. The second-order valence-corrected chi connectivity index (χ2v) is 12.6. The number of Topliss-reactive ketones (excluding diaryl/α,β-unsaturated/α-hetero) is 1. The Labute approximate surface area is 212 Å². The summed E-state index contributed by atoms with van der Waals surface area (Å²) >= 11 is 1.28. The van der Waals surface area contributed by atoms with E-state index in [1.807, 2.05) is 5.48 Å². The molecule has 7 nitrogen and oxygen atoms in total. The molecule has 2 bridgehead atoms. The monoisotopic (exact) mass is 504 g/mol. The van der Waals surface area contributed by atoms with E-state index < -0.39 is 23.0 Å². The van der Waals surface area contributed by atoms with Crippen LogP contribution in [0.3, 0.4) is 0 Å². The van der Waals surface area contributed by atoms with Gasteiger partial charge in [-0.25, -0.2) is 4.98 Å². The first kappa shape index (κ1) is 26.4. The Morgan fingerprint density at radius 3 is 2.66 bits per heavy atom. The third kappa shape index (κ3) is 4.29. The van der Waals surface area contributed by atoms with E-state index >= 15 is 0 Å². The van der Waals surface area contributed by atoms with E-state index in [0.29, 0.717) is 23.6 Å². The number of rotatable bonds is 6. The van der Waals surface area contributed by atoms with Crippen LogP contribution in [0.15, 0.2) is 23.4 Å². The maximum atomic E-state index is 13.5. The number of anilines is 1. The molecule has 1 aromatic rings. The molecule has 0 aliphatic heterocycles. The number of carbonyl (C=O) groups excluding carboxylic acids is 2. The van der Waals surface area contributed by atoms with E-state index in [4.69, 9.17) is 9.94 Å². The molecule has 0 aromatic carbocycles. The second-order valence-electron chi connectivity index (χ2n) is 11.6. The van der Waals surface area contributed by atoms with Crippen LogP contribution >= 0.6 is 11.8 Å². The summed E-state index contributed by atoms with van der Waals surface area (Å²) in [4.78, 5) is 30.8. The van der Waals surface area contributed by atoms with Crippen molar-refractivity contribution in [2.45, 2.75) is 90.4 Å². The SMILES string of the molecule is CC[C@]1(C)C[C@@H](OC(=O)CSc2ccc(NO)cn2)[C@@]2(C)C3C(=O)CC[C@@]3(CC[C@H]2C)[C@@H](C)[C@@H]1O. The quantitative estimate of drug-likeness (QED) is 0.279. The van der Waals surface area contributed by atoms with Crippen LogP contribution in [-0.4, -0.2) is 45.0 Å². The summed E-state index contributed by atoms with van der Waals surface area (Å²) in [5, 5.41) is 21.3. The molecule has 194 valence electrons. The molecular weight excluding hydrogens is 464 g/mol. The maximum absolute atomic E-state index is 13.5. The number of ether oxygens (including phenoxy) is 1. The highest BCUT2D eigenvalue weighted by molar-refractivity contribution is 7.99. The lowest BCUT2D eigenvalue weighted by Gasteiger charge is -2.62. The van der Waals surface area contributed by atoms with Crippen molar-refractivity contribution in [1.29, 1.82) is 0 Å². The van der Waals surface area contributed by atoms with Crippen LogP contribution in [0.4, 0.5) is 5.69 Å². The summed E-state index contributed by atoms with van der Waals surface area (Å²) < 4.78 is 6.28. The zero-order valence-corrected chi connectivity index (χ0v) is 22.4. The third-order valence-corrected chi connectivity index (χ3v) is 11.1. The van der Waals surface area contributed by atoms with Gasteiger partial charge in [0.05, 0.1) is 28.8 Å². The fraction of sp³-hybridized carbons (Fsp3) is 0.741. The van der Waals surface area contributed by atoms with E-state index in [0.717, 1.165) is 25.7 Å². The molecule has 8 heteroatoms. The Bertz CT molecular complexity index is 957. The van der Waals surface area contributed by atoms with Crippen LogP contribution in [0.1, 0.15) is 73.1 Å². The standard InChI is InChI=1S/C27H40N2O5S/c1-6-25(4)13-20(34-22(31)15-35-21-8-7-18(29-33)14-28-21)26(5)16(2)9-11-27(17(3)24(25)32)12-10-19(30)23(26)27/h7-8,14,16-17,20,23-24,29,32-33H,6,9-13,15H2,1-5H3/t16-,17+,20-,23?,24+,25-,26+,27+/m1/s1. The Kier molecular flexibility index (Phi) is 7.30. The summed E-state index contributed by atoms with van der Waals surface area (Å²) in [6.45, 7) is 10.7. The first-order chi connectivity index (χ1) is 16.5. The van der Waals surface area contributed by atoms with Gasteiger partial charge in [0.15, 0.2) is 0 Å². The number of esters is 1. The number of hydrogen-bond donors (Lipinski definition) is 3. The highest BCUT2D eigenvalue weighted by Crippen LogP contribution is 2.68. The van der Waals surface area contributed by atoms with Gasteiger partial charge in [0, 0.05) is 17.8 Å². The number of aromatic nitrogens is 1. The molecule has 4 rings (SSSR count). The van der Waals surface area contributed by atoms with Gasteiger partial charge in [-0.1, -0.05) is 46.4 Å². The van der Waals surface area contributed by atoms with Gasteiger partial charge in [-0.3, -0.25) is 20.3 Å². The summed E-state index contributed by atoms with van der Waals surface area (Å²) in [5.41, 5.74) is 1.40. The fourth-order valence-corrected chi connectivity index (χ4v) is 8.19. The molecule has 1 unspecified atom stereocenters. The minimum absolute atomic E-state index is 0.0189. The van der Waals surface area contributed by atoms with Crippen LogP contribution in [0, 0.1) is 34.0 Å². The molecule has 3 N–H and O–H groups in total. The molecular formula is C27H40N2O5S. The highest BCUT2D eigenvalue weighted by Gasteiger charge is 2.68. The molecule has 0 amide bonds. The van der Waals surface area contributed by atoms with Crippen LogP contribution in [0.5, 0.6) is 0 Å². The first-order valence-electron chi connectivity index (χ1n) is 12.9. The Balaban J connectivity index is 1.64. The third-order valence-electron chi connectivity index (χ3n) is 10.2. The molecule has 3 aliphatic carbocycles. The molecule has 3 saturated carbocycles. The van der Waals surface area contributed by atoms with Crippen molar-refractivity contribution >= 4 is 29.2 Å². The van der Waals surface area contributed by atoms with Gasteiger partial charge in [0.1, 0.15) is 11.9 Å². The van der Waals surface area contributed by atoms with Crippen molar-refractivity contribution in [2.75, 3.05) is 11.2 Å². The van der Waals surface area contributed by atoms with Crippen molar-refractivity contribution in [2.24, 2.45) is 34.0 Å². The molecule has 0 radical (unpaired) electrons. The van der Waals surface area contributed by atoms with E-state index in [1.54, 1.807) is 12.1 Å². The predicted octanol–water partition coefficient (Wildman–Crippen LogP) is 5.11. The highest BCUT2D eigenvalue weighted by atomic mass is 32.2. The van der Waals surface area contributed by atoms with Gasteiger partial charge >= 0.3 is 5.97 Å². The first-order valence-corrected chi connectivity index (χ1v) is 13.9. The van der Waals surface area contributed by atoms with Gasteiger partial charge in [-0.15, -0.1) is 0 Å². The average molecular weight is 505 g/mol. The van der Waals surface area contributed by atoms with E-state index in [-0.39, 0.29) is 40.7 Å². The van der Waals surface area contributed by atoms with Crippen LogP contribution in [0.2, 0.25) is 0 Å². The minimum Gasteiger partial charge on any atom is -0.461 e. The number of carbonyl (C=O) groups is 2. The summed E-state index contributed by atoms with van der Waals surface area (Å²) in [5.74, 6) is 0.0988. The zero-order chi connectivity index (χ0) is 25.6. The van der Waals surface area contributed by atoms with Crippen LogP contribution in [-0.2, 0) is 14.3 Å². The predicted molar refractivity (Wildman–Crippen MR) is 135 cm³/mol. The number of aliphatic hydroxyl groups excluding tert-OH is 1. The molecule has 0 spiro atoms. The van der Waals surface area contributed by atoms with Crippen molar-refractivity contribution in [3.8, 4) is 0 Å². The zero-order valence-electron chi connectivity index (χ0n) is 21.5. The molecule has 1 aromatic heterocycles. The molecule has 1 heterocycles. The van der Waals surface area contributed by atoms with Crippen LogP contribution in [0.25, 0.3) is 0 Å². The molecule has 8 atom stereocenters.